The zero-order valence-corrected chi connectivity index (χ0v) is 11.0. The summed E-state index contributed by atoms with van der Waals surface area (Å²) in [6, 6.07) is 7.50. The zero-order chi connectivity index (χ0) is 13.2. The van der Waals surface area contributed by atoms with Crippen LogP contribution in [0.1, 0.15) is 12.7 Å². The summed E-state index contributed by atoms with van der Waals surface area (Å²) in [5.74, 6) is 1.11. The maximum absolute atomic E-state index is 5.86. The topological polar surface area (TPSA) is 56.7 Å². The predicted molar refractivity (Wildman–Crippen MR) is 71.2 cm³/mol. The number of halogens is 1. The number of rotatable bonds is 3. The van der Waals surface area contributed by atoms with E-state index in [1.54, 1.807) is 6.33 Å². The summed E-state index contributed by atoms with van der Waals surface area (Å²) in [4.78, 5) is 8.51. The summed E-state index contributed by atoms with van der Waals surface area (Å²) in [6.45, 7) is 1.97. The fraction of sp³-hybridized carbons (Fsp3) is 0.154. The van der Waals surface area contributed by atoms with Crippen LogP contribution in [-0.4, -0.2) is 19.7 Å². The molecule has 3 aromatic rings. The van der Waals surface area contributed by atoms with Crippen LogP contribution in [0.5, 0.6) is 0 Å². The molecular formula is C13H11ClN4O. The molecule has 0 saturated heterocycles. The van der Waals surface area contributed by atoms with E-state index in [1.165, 1.54) is 0 Å². The minimum atomic E-state index is 0.435. The van der Waals surface area contributed by atoms with Gasteiger partial charge in [-0.2, -0.15) is 4.98 Å². The highest BCUT2D eigenvalue weighted by molar-refractivity contribution is 6.30. The highest BCUT2D eigenvalue weighted by Crippen LogP contribution is 2.18. The summed E-state index contributed by atoms with van der Waals surface area (Å²) in [5.41, 5.74) is 1.63. The summed E-state index contributed by atoms with van der Waals surface area (Å²) in [6.07, 6.45) is 4.28. The Morgan fingerprint density at radius 2 is 2.05 bits per heavy atom. The van der Waals surface area contributed by atoms with Crippen molar-refractivity contribution >= 4 is 11.6 Å². The van der Waals surface area contributed by atoms with Crippen LogP contribution < -0.4 is 0 Å². The lowest BCUT2D eigenvalue weighted by Gasteiger charge is -2.00. The van der Waals surface area contributed by atoms with Crippen LogP contribution in [0.15, 0.2) is 41.3 Å². The lowest BCUT2D eigenvalue weighted by molar-refractivity contribution is 0.422. The van der Waals surface area contributed by atoms with E-state index in [0.717, 1.165) is 12.1 Å². The first-order valence-corrected chi connectivity index (χ1v) is 6.27. The fourth-order valence-electron chi connectivity index (χ4n) is 1.69. The Morgan fingerprint density at radius 1 is 1.26 bits per heavy atom. The molecule has 0 radical (unpaired) electrons. The normalized spacial score (nSPS) is 10.8. The molecule has 0 saturated carbocycles. The van der Waals surface area contributed by atoms with Crippen molar-refractivity contribution in [1.29, 1.82) is 0 Å². The first kappa shape index (κ1) is 11.9. The Hall–Kier alpha value is -2.14. The molecule has 0 aliphatic rings. The Kier molecular flexibility index (Phi) is 3.05. The Morgan fingerprint density at radius 3 is 2.74 bits per heavy atom. The smallest absolute Gasteiger partial charge is 0.278 e. The SMILES string of the molecule is CCc1noc(-c2cn(-c3ccc(Cl)cc3)cn2)n1. The summed E-state index contributed by atoms with van der Waals surface area (Å²) in [7, 11) is 0. The molecule has 0 bridgehead atoms. The van der Waals surface area contributed by atoms with Gasteiger partial charge in [0, 0.05) is 23.3 Å². The van der Waals surface area contributed by atoms with Crippen LogP contribution >= 0.6 is 11.6 Å². The van der Waals surface area contributed by atoms with Crippen LogP contribution in [0.3, 0.4) is 0 Å². The van der Waals surface area contributed by atoms with Crippen molar-refractivity contribution in [3.8, 4) is 17.3 Å². The molecule has 2 aromatic heterocycles. The molecule has 0 unspecified atom stereocenters. The quantitative estimate of drug-likeness (QED) is 0.736. The van der Waals surface area contributed by atoms with E-state index in [4.69, 9.17) is 16.1 Å². The maximum atomic E-state index is 5.86. The predicted octanol–water partition coefficient (Wildman–Crippen LogP) is 3.14. The van der Waals surface area contributed by atoms with Gasteiger partial charge in [-0.3, -0.25) is 0 Å². The molecule has 0 N–H and O–H groups in total. The maximum Gasteiger partial charge on any atom is 0.278 e. The van der Waals surface area contributed by atoms with Gasteiger partial charge in [-0.1, -0.05) is 23.7 Å². The Labute approximate surface area is 114 Å². The Balaban J connectivity index is 1.92. The monoisotopic (exact) mass is 274 g/mol. The highest BCUT2D eigenvalue weighted by Gasteiger charge is 2.11. The average Bonchev–Trinajstić information content (AvgIpc) is 3.08. The van der Waals surface area contributed by atoms with Crippen LogP contribution in [0.4, 0.5) is 0 Å². The number of aryl methyl sites for hydroxylation is 1. The number of hydrogen-bond donors (Lipinski definition) is 0. The molecule has 2 heterocycles. The van der Waals surface area contributed by atoms with E-state index in [2.05, 4.69) is 15.1 Å². The van der Waals surface area contributed by atoms with Crippen molar-refractivity contribution in [3.05, 3.63) is 47.6 Å². The van der Waals surface area contributed by atoms with Crippen molar-refractivity contribution in [2.45, 2.75) is 13.3 Å². The van der Waals surface area contributed by atoms with Gasteiger partial charge in [-0.25, -0.2) is 4.98 Å². The van der Waals surface area contributed by atoms with Gasteiger partial charge >= 0.3 is 0 Å². The van der Waals surface area contributed by atoms with Crippen LogP contribution in [0.2, 0.25) is 5.02 Å². The third-order valence-corrected chi connectivity index (χ3v) is 2.96. The minimum absolute atomic E-state index is 0.435. The van der Waals surface area contributed by atoms with Gasteiger partial charge in [0.15, 0.2) is 5.82 Å². The summed E-state index contributed by atoms with van der Waals surface area (Å²) in [5, 5.41) is 4.55. The van der Waals surface area contributed by atoms with E-state index in [1.807, 2.05) is 42.0 Å². The lowest BCUT2D eigenvalue weighted by Crippen LogP contribution is -1.88. The summed E-state index contributed by atoms with van der Waals surface area (Å²) >= 11 is 5.86. The highest BCUT2D eigenvalue weighted by atomic mass is 35.5. The van der Waals surface area contributed by atoms with Crippen LogP contribution in [0, 0.1) is 0 Å². The van der Waals surface area contributed by atoms with Crippen LogP contribution in [-0.2, 0) is 6.42 Å². The molecule has 0 aliphatic heterocycles. The van der Waals surface area contributed by atoms with Crippen molar-refractivity contribution in [2.24, 2.45) is 0 Å². The molecule has 0 amide bonds. The minimum Gasteiger partial charge on any atom is -0.332 e. The van der Waals surface area contributed by atoms with E-state index in [9.17, 15) is 0 Å². The fourth-order valence-corrected chi connectivity index (χ4v) is 1.82. The molecule has 0 spiro atoms. The number of hydrogen-bond acceptors (Lipinski definition) is 4. The number of nitrogens with zero attached hydrogens (tertiary/aromatic N) is 4. The van der Waals surface area contributed by atoms with E-state index in [0.29, 0.717) is 22.4 Å². The molecule has 3 rings (SSSR count). The van der Waals surface area contributed by atoms with Crippen molar-refractivity contribution in [1.82, 2.24) is 19.7 Å². The average molecular weight is 275 g/mol. The second-order valence-corrected chi connectivity index (χ2v) is 4.45. The number of benzene rings is 1. The number of aromatic nitrogens is 4. The largest absolute Gasteiger partial charge is 0.332 e. The van der Waals surface area contributed by atoms with Gasteiger partial charge in [0.05, 0.1) is 0 Å². The third-order valence-electron chi connectivity index (χ3n) is 2.71. The molecule has 0 atom stereocenters. The molecule has 5 nitrogen and oxygen atoms in total. The van der Waals surface area contributed by atoms with Crippen molar-refractivity contribution < 1.29 is 4.52 Å². The van der Waals surface area contributed by atoms with Crippen molar-refractivity contribution in [2.75, 3.05) is 0 Å². The molecule has 0 aliphatic carbocycles. The number of imidazole rings is 1. The van der Waals surface area contributed by atoms with Gasteiger partial charge in [0.25, 0.3) is 5.89 Å². The molecule has 1 aromatic carbocycles. The van der Waals surface area contributed by atoms with Gasteiger partial charge < -0.3 is 9.09 Å². The van der Waals surface area contributed by atoms with E-state index >= 15 is 0 Å². The second kappa shape index (κ2) is 4.85. The van der Waals surface area contributed by atoms with Crippen LogP contribution in [0.25, 0.3) is 17.3 Å². The standard InChI is InChI=1S/C13H11ClN4O/c1-2-12-16-13(19-17-12)11-7-18(8-15-11)10-5-3-9(14)4-6-10/h3-8H,2H2,1H3. The molecule has 0 fully saturated rings. The van der Waals surface area contributed by atoms with Gasteiger partial charge in [0.1, 0.15) is 12.0 Å². The van der Waals surface area contributed by atoms with Crippen molar-refractivity contribution in [3.63, 3.8) is 0 Å². The lowest BCUT2D eigenvalue weighted by atomic mass is 10.3. The van der Waals surface area contributed by atoms with Gasteiger partial charge in [-0.05, 0) is 24.3 Å². The second-order valence-electron chi connectivity index (χ2n) is 4.01. The molecule has 19 heavy (non-hydrogen) atoms. The van der Waals surface area contributed by atoms with E-state index < -0.39 is 0 Å². The van der Waals surface area contributed by atoms with Gasteiger partial charge in [0.2, 0.25) is 0 Å². The summed E-state index contributed by atoms with van der Waals surface area (Å²) < 4.78 is 7.03. The van der Waals surface area contributed by atoms with Gasteiger partial charge in [-0.15, -0.1) is 0 Å². The first-order chi connectivity index (χ1) is 9.26. The molecular weight excluding hydrogens is 264 g/mol. The molecule has 96 valence electrons. The Bertz CT molecular complexity index is 687. The third kappa shape index (κ3) is 2.37. The zero-order valence-electron chi connectivity index (χ0n) is 10.2. The van der Waals surface area contributed by atoms with E-state index in [-0.39, 0.29) is 0 Å². The molecule has 6 heteroatoms. The first-order valence-electron chi connectivity index (χ1n) is 5.89.